The van der Waals surface area contributed by atoms with E-state index >= 15 is 0 Å². The molecule has 0 saturated carbocycles. The van der Waals surface area contributed by atoms with Crippen molar-refractivity contribution in [1.29, 1.82) is 0 Å². The van der Waals surface area contributed by atoms with Crippen LogP contribution in [0.5, 0.6) is 0 Å². The van der Waals surface area contributed by atoms with Gasteiger partial charge in [-0.3, -0.25) is 9.48 Å². The van der Waals surface area contributed by atoms with E-state index in [4.69, 9.17) is 0 Å². The molecule has 2 aromatic rings. The molecule has 1 saturated heterocycles. The van der Waals surface area contributed by atoms with E-state index in [1.807, 2.05) is 24.3 Å². The van der Waals surface area contributed by atoms with Crippen LogP contribution in [0.3, 0.4) is 0 Å². The number of rotatable bonds is 4. The number of aromatic nitrogens is 2. The topological polar surface area (TPSA) is 84.2 Å². The Bertz CT molecular complexity index is 692. The Balaban J connectivity index is 1.76. The summed E-state index contributed by atoms with van der Waals surface area (Å²) in [6.07, 6.45) is 2.15. The van der Waals surface area contributed by atoms with Crippen LogP contribution in [-0.4, -0.2) is 43.8 Å². The lowest BCUT2D eigenvalue weighted by atomic mass is 9.99. The Morgan fingerprint density at radius 1 is 1.43 bits per heavy atom. The van der Waals surface area contributed by atoms with Crippen molar-refractivity contribution in [1.82, 2.24) is 15.1 Å². The van der Waals surface area contributed by atoms with Crippen molar-refractivity contribution >= 4 is 34.5 Å². The quantitative estimate of drug-likeness (QED) is 0.884. The Labute approximate surface area is 125 Å². The molecule has 1 atom stereocenters. The molecule has 110 valence electrons. The summed E-state index contributed by atoms with van der Waals surface area (Å²) in [4.78, 5) is 23.6. The predicted molar refractivity (Wildman–Crippen MR) is 80.2 cm³/mol. The van der Waals surface area contributed by atoms with E-state index in [2.05, 4.69) is 10.4 Å². The van der Waals surface area contributed by atoms with Crippen LogP contribution >= 0.6 is 11.8 Å². The van der Waals surface area contributed by atoms with Crippen LogP contribution in [0.1, 0.15) is 6.42 Å². The number of thioether (sulfide) groups is 1. The van der Waals surface area contributed by atoms with Gasteiger partial charge in [0.15, 0.2) is 0 Å². The zero-order valence-corrected chi connectivity index (χ0v) is 12.1. The smallest absolute Gasteiger partial charge is 0.330 e. The van der Waals surface area contributed by atoms with E-state index in [0.29, 0.717) is 12.2 Å². The molecule has 0 aliphatic carbocycles. The molecule has 21 heavy (non-hydrogen) atoms. The number of carbonyl (C=O) groups is 2. The van der Waals surface area contributed by atoms with Gasteiger partial charge in [0.05, 0.1) is 11.7 Å². The van der Waals surface area contributed by atoms with Crippen molar-refractivity contribution < 1.29 is 14.7 Å². The van der Waals surface area contributed by atoms with Crippen LogP contribution in [0, 0.1) is 0 Å². The highest BCUT2D eigenvalue weighted by Crippen LogP contribution is 2.28. The molecule has 2 N–H and O–H groups in total. The third-order valence-electron chi connectivity index (χ3n) is 3.65. The van der Waals surface area contributed by atoms with Gasteiger partial charge < -0.3 is 10.4 Å². The van der Waals surface area contributed by atoms with Gasteiger partial charge in [0.25, 0.3) is 0 Å². The first kappa shape index (κ1) is 13.9. The number of aliphatic carboxylic acids is 1. The Morgan fingerprint density at radius 3 is 2.95 bits per heavy atom. The number of nitrogens with one attached hydrogen (secondary N) is 1. The van der Waals surface area contributed by atoms with Crippen molar-refractivity contribution in [2.24, 2.45) is 0 Å². The van der Waals surface area contributed by atoms with Crippen molar-refractivity contribution in [2.75, 3.05) is 11.5 Å². The molecule has 1 fully saturated rings. The zero-order chi connectivity index (χ0) is 14.9. The minimum Gasteiger partial charge on any atom is -0.479 e. The maximum absolute atomic E-state index is 12.2. The average Bonchev–Trinajstić information content (AvgIpc) is 3.08. The van der Waals surface area contributed by atoms with Gasteiger partial charge in [-0.15, -0.1) is 0 Å². The summed E-state index contributed by atoms with van der Waals surface area (Å²) in [5.41, 5.74) is -0.275. The summed E-state index contributed by atoms with van der Waals surface area (Å²) in [6, 6.07) is 7.59. The molecule has 1 aromatic heterocycles. The lowest BCUT2D eigenvalue weighted by Gasteiger charge is -2.24. The van der Waals surface area contributed by atoms with Crippen LogP contribution in [0.2, 0.25) is 0 Å². The van der Waals surface area contributed by atoms with Crippen LogP contribution in [0.15, 0.2) is 30.5 Å². The first-order chi connectivity index (χ1) is 10.1. The Hall–Kier alpha value is -2.02. The number of amides is 1. The van der Waals surface area contributed by atoms with E-state index < -0.39 is 11.5 Å². The van der Waals surface area contributed by atoms with E-state index in [-0.39, 0.29) is 12.5 Å². The molecule has 3 rings (SSSR count). The van der Waals surface area contributed by atoms with Crippen LogP contribution in [-0.2, 0) is 16.1 Å². The second kappa shape index (κ2) is 5.40. The molecule has 0 radical (unpaired) electrons. The minimum absolute atomic E-state index is 0.0210. The maximum Gasteiger partial charge on any atom is 0.330 e. The normalized spacial score (nSPS) is 21.5. The van der Waals surface area contributed by atoms with Gasteiger partial charge in [-0.2, -0.15) is 16.9 Å². The van der Waals surface area contributed by atoms with Crippen LogP contribution in [0.25, 0.3) is 10.9 Å². The van der Waals surface area contributed by atoms with Crippen molar-refractivity contribution in [3.05, 3.63) is 30.5 Å². The van der Waals surface area contributed by atoms with E-state index in [0.717, 1.165) is 16.7 Å². The highest BCUT2D eigenvalue weighted by atomic mass is 32.2. The van der Waals surface area contributed by atoms with Gasteiger partial charge in [-0.1, -0.05) is 18.2 Å². The molecule has 1 aliphatic heterocycles. The second-order valence-corrected chi connectivity index (χ2v) is 6.20. The lowest BCUT2D eigenvalue weighted by Crippen LogP contribution is -2.55. The van der Waals surface area contributed by atoms with Crippen LogP contribution < -0.4 is 5.32 Å². The fraction of sp³-hybridized carbons (Fsp3) is 0.357. The first-order valence-electron chi connectivity index (χ1n) is 6.63. The number of carboxylic acids is 1. The number of nitrogens with zero attached hydrogens (tertiary/aromatic N) is 2. The van der Waals surface area contributed by atoms with Crippen molar-refractivity contribution in [3.63, 3.8) is 0 Å². The SMILES string of the molecule is O=C(Cn1ncc2ccccc21)NC1(C(=O)O)CCSC1. The van der Waals surface area contributed by atoms with Gasteiger partial charge in [0.2, 0.25) is 5.91 Å². The fourth-order valence-electron chi connectivity index (χ4n) is 2.48. The molecule has 0 bridgehead atoms. The summed E-state index contributed by atoms with van der Waals surface area (Å²) in [5.74, 6) is -0.134. The monoisotopic (exact) mass is 305 g/mol. The van der Waals surface area contributed by atoms with Gasteiger partial charge in [-0.05, 0) is 18.2 Å². The third kappa shape index (κ3) is 2.61. The summed E-state index contributed by atoms with van der Waals surface area (Å²) in [6.45, 7) is 0.0210. The standard InChI is InChI=1S/C14H15N3O3S/c18-12(16-14(13(19)20)5-6-21-9-14)8-17-11-4-2-1-3-10(11)7-15-17/h1-4,7H,5-6,8-9H2,(H,16,18)(H,19,20). The average molecular weight is 305 g/mol. The van der Waals surface area contributed by atoms with Gasteiger partial charge in [-0.25, -0.2) is 4.79 Å². The second-order valence-electron chi connectivity index (χ2n) is 5.10. The molecule has 6 nitrogen and oxygen atoms in total. The van der Waals surface area contributed by atoms with Gasteiger partial charge >= 0.3 is 5.97 Å². The minimum atomic E-state index is -1.13. The van der Waals surface area contributed by atoms with Gasteiger partial charge in [0, 0.05) is 11.1 Å². The predicted octanol–water partition coefficient (Wildman–Crippen LogP) is 1.11. The van der Waals surface area contributed by atoms with Crippen molar-refractivity contribution in [2.45, 2.75) is 18.5 Å². The molecule has 1 aliphatic rings. The Kier molecular flexibility index (Phi) is 3.59. The largest absolute Gasteiger partial charge is 0.479 e. The number of hydrogen-bond acceptors (Lipinski definition) is 4. The van der Waals surface area contributed by atoms with E-state index in [9.17, 15) is 14.7 Å². The number of carboxylic acid groups (broad SMARTS) is 1. The van der Waals surface area contributed by atoms with Crippen LogP contribution in [0.4, 0.5) is 0 Å². The summed E-state index contributed by atoms with van der Waals surface area (Å²) >= 11 is 1.54. The third-order valence-corrected chi connectivity index (χ3v) is 4.84. The summed E-state index contributed by atoms with van der Waals surface area (Å²) < 4.78 is 1.59. The molecule has 1 unspecified atom stereocenters. The molecule has 2 heterocycles. The number of carbonyl (C=O) groups excluding carboxylic acids is 1. The maximum atomic E-state index is 12.2. The van der Waals surface area contributed by atoms with Gasteiger partial charge in [0.1, 0.15) is 12.1 Å². The molecular weight excluding hydrogens is 290 g/mol. The number of para-hydroxylation sites is 1. The number of hydrogen-bond donors (Lipinski definition) is 2. The lowest BCUT2D eigenvalue weighted by molar-refractivity contribution is -0.146. The summed E-state index contributed by atoms with van der Waals surface area (Å²) in [7, 11) is 0. The molecular formula is C14H15N3O3S. The fourth-order valence-corrected chi connectivity index (χ4v) is 3.81. The number of benzene rings is 1. The molecule has 1 amide bonds. The number of fused-ring (bicyclic) bond motifs is 1. The summed E-state index contributed by atoms with van der Waals surface area (Å²) in [5, 5.41) is 17.2. The highest BCUT2D eigenvalue weighted by Gasteiger charge is 2.43. The first-order valence-corrected chi connectivity index (χ1v) is 7.79. The highest BCUT2D eigenvalue weighted by molar-refractivity contribution is 7.99. The zero-order valence-electron chi connectivity index (χ0n) is 11.3. The molecule has 0 spiro atoms. The molecule has 1 aromatic carbocycles. The Morgan fingerprint density at radius 2 is 2.24 bits per heavy atom. The van der Waals surface area contributed by atoms with Crippen molar-refractivity contribution in [3.8, 4) is 0 Å². The van der Waals surface area contributed by atoms with E-state index in [1.54, 1.807) is 22.6 Å². The van der Waals surface area contributed by atoms with E-state index in [1.165, 1.54) is 0 Å². The molecule has 7 heteroatoms.